The van der Waals surface area contributed by atoms with Crippen LogP contribution in [-0.4, -0.2) is 28.2 Å². The number of carbonyl (C=O) groups is 1. The van der Waals surface area contributed by atoms with Gasteiger partial charge in [0, 0.05) is 5.57 Å². The molecule has 2 atom stereocenters. The molecule has 0 amide bonds. The van der Waals surface area contributed by atoms with Gasteiger partial charge in [-0.15, -0.1) is 0 Å². The molecule has 17 heavy (non-hydrogen) atoms. The van der Waals surface area contributed by atoms with E-state index in [1.165, 1.54) is 6.92 Å². The molecule has 0 spiro atoms. The van der Waals surface area contributed by atoms with Crippen LogP contribution in [0.1, 0.15) is 33.1 Å². The summed E-state index contributed by atoms with van der Waals surface area (Å²) >= 11 is 0. The molecule has 0 aromatic carbocycles. The summed E-state index contributed by atoms with van der Waals surface area (Å²) in [4.78, 5) is 21.4. The first kappa shape index (κ1) is 13.6. The Labute approximate surface area is 99.4 Å². The lowest BCUT2D eigenvalue weighted by Crippen LogP contribution is -2.46. The van der Waals surface area contributed by atoms with Crippen molar-refractivity contribution in [2.45, 2.75) is 38.7 Å². The highest BCUT2D eigenvalue weighted by atomic mass is 16.6. The first-order chi connectivity index (χ1) is 7.91. The number of carbonyl (C=O) groups excluding carboxylic acids is 1. The lowest BCUT2D eigenvalue weighted by molar-refractivity contribution is -0.404. The van der Waals surface area contributed by atoms with Crippen molar-refractivity contribution in [1.29, 1.82) is 0 Å². The molecule has 0 saturated carbocycles. The van der Waals surface area contributed by atoms with Crippen LogP contribution in [0.4, 0.5) is 0 Å². The number of rotatable bonds is 4. The van der Waals surface area contributed by atoms with E-state index in [2.05, 4.69) is 0 Å². The highest BCUT2D eigenvalue weighted by Crippen LogP contribution is 2.35. The van der Waals surface area contributed by atoms with Gasteiger partial charge in [-0.3, -0.25) is 14.9 Å². The lowest BCUT2D eigenvalue weighted by atomic mass is 9.76. The molecule has 1 N–H and O–H groups in total. The SMILES string of the molecule is CC[C@](O)(/C(C)=C/[N+](=O)[O-])[C@@H]1CCCOC1=O. The third-order valence-corrected chi connectivity index (χ3v) is 3.26. The quantitative estimate of drug-likeness (QED) is 0.456. The summed E-state index contributed by atoms with van der Waals surface area (Å²) in [5, 5.41) is 20.9. The van der Waals surface area contributed by atoms with Crippen molar-refractivity contribution >= 4 is 5.97 Å². The molecule has 1 saturated heterocycles. The van der Waals surface area contributed by atoms with Crippen LogP contribution in [0.3, 0.4) is 0 Å². The van der Waals surface area contributed by atoms with Crippen molar-refractivity contribution in [3.05, 3.63) is 21.9 Å². The van der Waals surface area contributed by atoms with Crippen molar-refractivity contribution in [3.8, 4) is 0 Å². The Bertz CT molecular complexity index is 352. The van der Waals surface area contributed by atoms with Gasteiger partial charge in [-0.1, -0.05) is 6.92 Å². The summed E-state index contributed by atoms with van der Waals surface area (Å²) in [5.41, 5.74) is -1.29. The number of esters is 1. The number of cyclic esters (lactones) is 1. The van der Waals surface area contributed by atoms with Crippen molar-refractivity contribution in [2.75, 3.05) is 6.61 Å². The van der Waals surface area contributed by atoms with Crippen LogP contribution in [0.25, 0.3) is 0 Å². The van der Waals surface area contributed by atoms with E-state index < -0.39 is 22.4 Å². The molecule has 0 radical (unpaired) electrons. The Hall–Kier alpha value is -1.43. The van der Waals surface area contributed by atoms with Gasteiger partial charge in [-0.25, -0.2) is 0 Å². The molecule has 1 fully saturated rings. The Kier molecular flexibility index (Phi) is 4.22. The Morgan fingerprint density at radius 2 is 2.41 bits per heavy atom. The summed E-state index contributed by atoms with van der Waals surface area (Å²) in [6, 6.07) is 0. The molecule has 96 valence electrons. The van der Waals surface area contributed by atoms with E-state index in [1.807, 2.05) is 0 Å². The molecule has 0 aromatic rings. The number of nitro groups is 1. The fourth-order valence-electron chi connectivity index (χ4n) is 2.18. The molecule has 1 rings (SSSR count). The van der Waals surface area contributed by atoms with Gasteiger partial charge in [0.25, 0.3) is 0 Å². The van der Waals surface area contributed by atoms with Crippen LogP contribution in [0, 0.1) is 16.0 Å². The summed E-state index contributed by atoms with van der Waals surface area (Å²) < 4.78 is 4.90. The fraction of sp³-hybridized carbons (Fsp3) is 0.727. The van der Waals surface area contributed by atoms with Gasteiger partial charge in [0.1, 0.15) is 5.60 Å². The van der Waals surface area contributed by atoms with E-state index in [9.17, 15) is 20.0 Å². The van der Waals surface area contributed by atoms with Crippen LogP contribution in [0.15, 0.2) is 11.8 Å². The van der Waals surface area contributed by atoms with Gasteiger partial charge < -0.3 is 9.84 Å². The van der Waals surface area contributed by atoms with E-state index in [1.54, 1.807) is 6.92 Å². The maximum Gasteiger partial charge on any atom is 0.312 e. The minimum absolute atomic E-state index is 0.189. The number of aliphatic hydroxyl groups is 1. The minimum Gasteiger partial charge on any atom is -0.465 e. The molecule has 1 heterocycles. The molecule has 0 unspecified atom stereocenters. The molecule has 1 aliphatic heterocycles. The van der Waals surface area contributed by atoms with Gasteiger partial charge in [0.2, 0.25) is 6.20 Å². The van der Waals surface area contributed by atoms with Crippen LogP contribution >= 0.6 is 0 Å². The van der Waals surface area contributed by atoms with E-state index in [0.29, 0.717) is 19.4 Å². The second-order valence-corrected chi connectivity index (χ2v) is 4.24. The third kappa shape index (κ3) is 2.82. The first-order valence-corrected chi connectivity index (χ1v) is 5.63. The molecule has 0 aliphatic carbocycles. The Morgan fingerprint density at radius 1 is 1.76 bits per heavy atom. The lowest BCUT2D eigenvalue weighted by Gasteiger charge is -2.35. The van der Waals surface area contributed by atoms with Gasteiger partial charge in [-0.05, 0) is 26.2 Å². The number of nitrogens with zero attached hydrogens (tertiary/aromatic N) is 1. The molecule has 0 aromatic heterocycles. The van der Waals surface area contributed by atoms with Crippen LogP contribution in [-0.2, 0) is 9.53 Å². The summed E-state index contributed by atoms with van der Waals surface area (Å²) in [5.74, 6) is -1.19. The molecule has 6 nitrogen and oxygen atoms in total. The second kappa shape index (κ2) is 5.27. The Balaban J connectivity index is 3.01. The van der Waals surface area contributed by atoms with E-state index in [0.717, 1.165) is 6.20 Å². The monoisotopic (exact) mass is 243 g/mol. The zero-order chi connectivity index (χ0) is 13.1. The van der Waals surface area contributed by atoms with Gasteiger partial charge in [0.15, 0.2) is 0 Å². The van der Waals surface area contributed by atoms with Crippen LogP contribution in [0.2, 0.25) is 0 Å². The molecule has 0 bridgehead atoms. The molecular formula is C11H17NO5. The average Bonchev–Trinajstić information content (AvgIpc) is 2.27. The smallest absolute Gasteiger partial charge is 0.312 e. The van der Waals surface area contributed by atoms with E-state index >= 15 is 0 Å². The maximum absolute atomic E-state index is 11.6. The maximum atomic E-state index is 11.6. The summed E-state index contributed by atoms with van der Waals surface area (Å²) in [6.45, 7) is 3.51. The predicted octanol–water partition coefficient (Wildman–Crippen LogP) is 1.26. The number of hydrogen-bond acceptors (Lipinski definition) is 5. The molecule has 6 heteroatoms. The Morgan fingerprint density at radius 3 is 2.88 bits per heavy atom. The topological polar surface area (TPSA) is 89.7 Å². The number of hydrogen-bond donors (Lipinski definition) is 1. The van der Waals surface area contributed by atoms with Crippen LogP contribution in [0.5, 0.6) is 0 Å². The summed E-state index contributed by atoms with van der Waals surface area (Å²) in [6.07, 6.45) is 2.16. The van der Waals surface area contributed by atoms with Gasteiger partial charge in [-0.2, -0.15) is 0 Å². The fourth-order valence-corrected chi connectivity index (χ4v) is 2.18. The zero-order valence-corrected chi connectivity index (χ0v) is 10.0. The van der Waals surface area contributed by atoms with Crippen molar-refractivity contribution < 1.29 is 19.6 Å². The second-order valence-electron chi connectivity index (χ2n) is 4.24. The van der Waals surface area contributed by atoms with Gasteiger partial charge >= 0.3 is 5.97 Å². The largest absolute Gasteiger partial charge is 0.465 e. The highest BCUT2D eigenvalue weighted by Gasteiger charge is 2.44. The predicted molar refractivity (Wildman–Crippen MR) is 59.7 cm³/mol. The minimum atomic E-state index is -1.48. The standard InChI is InChI=1S/C11H17NO5/c1-3-11(14,8(2)7-12(15)16)9-5-4-6-17-10(9)13/h7,9,14H,3-6H2,1-2H3/b8-7+/t9-,11+/m1/s1. The molecule has 1 aliphatic rings. The third-order valence-electron chi connectivity index (χ3n) is 3.26. The van der Waals surface area contributed by atoms with Crippen molar-refractivity contribution in [1.82, 2.24) is 0 Å². The first-order valence-electron chi connectivity index (χ1n) is 5.63. The van der Waals surface area contributed by atoms with Crippen molar-refractivity contribution in [3.63, 3.8) is 0 Å². The molecular weight excluding hydrogens is 226 g/mol. The van der Waals surface area contributed by atoms with Crippen LogP contribution < -0.4 is 0 Å². The zero-order valence-electron chi connectivity index (χ0n) is 10.0. The normalized spacial score (nSPS) is 25.0. The number of ether oxygens (including phenoxy) is 1. The van der Waals surface area contributed by atoms with Crippen molar-refractivity contribution in [2.24, 2.45) is 5.92 Å². The highest BCUT2D eigenvalue weighted by molar-refractivity contribution is 5.75. The average molecular weight is 243 g/mol. The van der Waals surface area contributed by atoms with E-state index in [-0.39, 0.29) is 12.0 Å². The summed E-state index contributed by atoms with van der Waals surface area (Å²) in [7, 11) is 0. The van der Waals surface area contributed by atoms with Gasteiger partial charge in [0.05, 0.1) is 17.4 Å². The van der Waals surface area contributed by atoms with E-state index in [4.69, 9.17) is 4.74 Å².